The molecule has 0 aliphatic carbocycles. The van der Waals surface area contributed by atoms with Crippen molar-refractivity contribution in [2.24, 2.45) is 5.92 Å². The first-order valence-corrected chi connectivity index (χ1v) is 11.6. The summed E-state index contributed by atoms with van der Waals surface area (Å²) >= 11 is 0. The highest BCUT2D eigenvalue weighted by atomic mass is 16.5. The molecule has 186 valence electrons. The number of aromatic amines is 1. The Hall–Kier alpha value is -3.88. The lowest BCUT2D eigenvalue weighted by molar-refractivity contribution is -0.121. The second-order valence-electron chi connectivity index (χ2n) is 8.47. The van der Waals surface area contributed by atoms with Crippen LogP contribution >= 0.6 is 0 Å². The van der Waals surface area contributed by atoms with E-state index >= 15 is 0 Å². The second-order valence-corrected chi connectivity index (χ2v) is 8.47. The van der Waals surface area contributed by atoms with E-state index in [4.69, 9.17) is 14.2 Å². The maximum Gasteiger partial charge on any atom is 0.273 e. The Morgan fingerprint density at radius 1 is 1.03 bits per heavy atom. The standard InChI is InChI=1S/C26H32N4O5/c1-17(2)16-35-20-7-5-6-19(15-20)25-28-26(32)21(29-30-25)9-11-24(31)27-13-12-18-8-10-22(33-3)23(14-18)34-4/h5-8,10,14-15,17H,9,11-13,16H2,1-4H3,(H,27,31)(H,28,30,32). The molecule has 0 bridgehead atoms. The molecule has 0 unspecified atom stereocenters. The van der Waals surface area contributed by atoms with Crippen LogP contribution in [0.4, 0.5) is 0 Å². The summed E-state index contributed by atoms with van der Waals surface area (Å²) in [7, 11) is 3.17. The van der Waals surface area contributed by atoms with E-state index in [9.17, 15) is 9.59 Å². The van der Waals surface area contributed by atoms with Gasteiger partial charge in [-0.2, -0.15) is 0 Å². The largest absolute Gasteiger partial charge is 0.493 e. The molecule has 0 spiro atoms. The van der Waals surface area contributed by atoms with Gasteiger partial charge in [0.2, 0.25) is 5.91 Å². The lowest BCUT2D eigenvalue weighted by Crippen LogP contribution is -2.27. The lowest BCUT2D eigenvalue weighted by Gasteiger charge is -2.10. The molecular weight excluding hydrogens is 448 g/mol. The fourth-order valence-electron chi connectivity index (χ4n) is 3.35. The SMILES string of the molecule is COc1ccc(CCNC(=O)CCc2nnc(-c3cccc(OCC(C)C)c3)[nH]c2=O)cc1OC. The predicted molar refractivity (Wildman–Crippen MR) is 133 cm³/mol. The topological polar surface area (TPSA) is 115 Å². The number of H-pyrrole nitrogens is 1. The first-order chi connectivity index (χ1) is 16.9. The van der Waals surface area contributed by atoms with Crippen molar-refractivity contribution in [3.63, 3.8) is 0 Å². The van der Waals surface area contributed by atoms with E-state index in [-0.39, 0.29) is 30.0 Å². The zero-order valence-electron chi connectivity index (χ0n) is 20.6. The maximum absolute atomic E-state index is 12.5. The minimum Gasteiger partial charge on any atom is -0.493 e. The van der Waals surface area contributed by atoms with Gasteiger partial charge in [-0.15, -0.1) is 10.2 Å². The number of hydrogen-bond acceptors (Lipinski definition) is 7. The number of amides is 1. The van der Waals surface area contributed by atoms with Crippen LogP contribution in [0.3, 0.4) is 0 Å². The number of nitrogens with one attached hydrogen (secondary N) is 2. The highest BCUT2D eigenvalue weighted by Crippen LogP contribution is 2.27. The summed E-state index contributed by atoms with van der Waals surface area (Å²) in [5, 5.41) is 11.1. The van der Waals surface area contributed by atoms with Gasteiger partial charge in [-0.05, 0) is 42.2 Å². The van der Waals surface area contributed by atoms with Crippen molar-refractivity contribution in [1.29, 1.82) is 0 Å². The van der Waals surface area contributed by atoms with E-state index in [2.05, 4.69) is 34.3 Å². The van der Waals surface area contributed by atoms with Crippen molar-refractivity contribution < 1.29 is 19.0 Å². The number of aryl methyl sites for hydroxylation is 1. The summed E-state index contributed by atoms with van der Waals surface area (Å²) in [4.78, 5) is 27.5. The van der Waals surface area contributed by atoms with Crippen molar-refractivity contribution in [2.75, 3.05) is 27.4 Å². The smallest absolute Gasteiger partial charge is 0.273 e. The van der Waals surface area contributed by atoms with Gasteiger partial charge in [-0.1, -0.05) is 32.0 Å². The highest BCUT2D eigenvalue weighted by molar-refractivity contribution is 5.76. The number of carbonyl (C=O) groups is 1. The third-order valence-corrected chi connectivity index (χ3v) is 5.23. The van der Waals surface area contributed by atoms with E-state index in [0.29, 0.717) is 54.1 Å². The van der Waals surface area contributed by atoms with Gasteiger partial charge in [0.15, 0.2) is 17.3 Å². The summed E-state index contributed by atoms with van der Waals surface area (Å²) in [5.41, 5.74) is 1.58. The predicted octanol–water partition coefficient (Wildman–Crippen LogP) is 3.18. The molecule has 0 saturated heterocycles. The molecule has 0 radical (unpaired) electrons. The van der Waals surface area contributed by atoms with E-state index in [0.717, 1.165) is 5.56 Å². The molecule has 1 aromatic heterocycles. The van der Waals surface area contributed by atoms with Gasteiger partial charge in [0, 0.05) is 24.9 Å². The van der Waals surface area contributed by atoms with E-state index in [1.807, 2.05) is 42.5 Å². The zero-order valence-corrected chi connectivity index (χ0v) is 20.6. The number of ether oxygens (including phenoxy) is 3. The summed E-state index contributed by atoms with van der Waals surface area (Å²) < 4.78 is 16.3. The Kier molecular flexibility index (Phi) is 9.23. The molecule has 0 aliphatic heterocycles. The van der Waals surface area contributed by atoms with Crippen molar-refractivity contribution in [3.05, 3.63) is 64.1 Å². The van der Waals surface area contributed by atoms with Gasteiger partial charge in [0.05, 0.1) is 20.8 Å². The van der Waals surface area contributed by atoms with Crippen LogP contribution in [0.25, 0.3) is 11.4 Å². The fourth-order valence-corrected chi connectivity index (χ4v) is 3.35. The van der Waals surface area contributed by atoms with Crippen molar-refractivity contribution in [1.82, 2.24) is 20.5 Å². The molecule has 3 aromatic rings. The van der Waals surface area contributed by atoms with Crippen LogP contribution in [0, 0.1) is 5.92 Å². The average molecular weight is 481 g/mol. The molecule has 3 rings (SSSR count). The number of hydrogen-bond donors (Lipinski definition) is 2. The summed E-state index contributed by atoms with van der Waals surface area (Å²) in [6.45, 7) is 5.21. The molecule has 35 heavy (non-hydrogen) atoms. The number of nitrogens with zero attached hydrogens (tertiary/aromatic N) is 2. The molecule has 0 saturated carbocycles. The molecule has 0 atom stereocenters. The Balaban J connectivity index is 1.51. The average Bonchev–Trinajstić information content (AvgIpc) is 2.86. The van der Waals surface area contributed by atoms with Crippen LogP contribution in [0.2, 0.25) is 0 Å². The first-order valence-electron chi connectivity index (χ1n) is 11.6. The van der Waals surface area contributed by atoms with Crippen LogP contribution in [-0.4, -0.2) is 48.5 Å². The Morgan fingerprint density at radius 2 is 1.83 bits per heavy atom. The molecule has 0 aliphatic rings. The quantitative estimate of drug-likeness (QED) is 0.409. The van der Waals surface area contributed by atoms with Gasteiger partial charge in [-0.25, -0.2) is 0 Å². The Bertz CT molecular complexity index is 1190. The van der Waals surface area contributed by atoms with E-state index in [1.54, 1.807) is 14.2 Å². The molecule has 9 nitrogen and oxygen atoms in total. The minimum atomic E-state index is -0.360. The number of methoxy groups -OCH3 is 2. The molecule has 2 N–H and O–H groups in total. The zero-order chi connectivity index (χ0) is 25.2. The monoisotopic (exact) mass is 480 g/mol. The van der Waals surface area contributed by atoms with E-state index in [1.165, 1.54) is 0 Å². The van der Waals surface area contributed by atoms with E-state index < -0.39 is 0 Å². The summed E-state index contributed by atoms with van der Waals surface area (Å²) in [6, 6.07) is 13.0. The number of carbonyl (C=O) groups excluding carboxylic acids is 1. The van der Waals surface area contributed by atoms with Gasteiger partial charge in [0.25, 0.3) is 5.56 Å². The lowest BCUT2D eigenvalue weighted by atomic mass is 10.1. The van der Waals surface area contributed by atoms with Gasteiger partial charge >= 0.3 is 0 Å². The maximum atomic E-state index is 12.5. The minimum absolute atomic E-state index is 0.140. The molecule has 1 heterocycles. The third kappa shape index (κ3) is 7.56. The summed E-state index contributed by atoms with van der Waals surface area (Å²) in [5.74, 6) is 2.60. The third-order valence-electron chi connectivity index (χ3n) is 5.23. The Labute approximate surface area is 204 Å². The van der Waals surface area contributed by atoms with Crippen LogP contribution in [0.5, 0.6) is 17.2 Å². The number of aromatic nitrogens is 3. The summed E-state index contributed by atoms with van der Waals surface area (Å²) in [6.07, 6.45) is 0.977. The van der Waals surface area contributed by atoms with Gasteiger partial charge in [-0.3, -0.25) is 9.59 Å². The van der Waals surface area contributed by atoms with Gasteiger partial charge in [0.1, 0.15) is 11.4 Å². The van der Waals surface area contributed by atoms with Crippen molar-refractivity contribution in [2.45, 2.75) is 33.1 Å². The van der Waals surface area contributed by atoms with Crippen molar-refractivity contribution in [3.8, 4) is 28.6 Å². The molecular formula is C26H32N4O5. The molecule has 9 heteroatoms. The molecule has 1 amide bonds. The normalized spacial score (nSPS) is 10.8. The van der Waals surface area contributed by atoms with Crippen LogP contribution in [0.15, 0.2) is 47.3 Å². The molecule has 0 fully saturated rings. The number of benzene rings is 2. The second kappa shape index (κ2) is 12.5. The molecule has 2 aromatic carbocycles. The van der Waals surface area contributed by atoms with Crippen molar-refractivity contribution >= 4 is 5.91 Å². The van der Waals surface area contributed by atoms with Crippen LogP contribution in [-0.2, 0) is 17.6 Å². The first kappa shape index (κ1) is 25.7. The van der Waals surface area contributed by atoms with Crippen LogP contribution in [0.1, 0.15) is 31.5 Å². The van der Waals surface area contributed by atoms with Gasteiger partial charge < -0.3 is 24.5 Å². The van der Waals surface area contributed by atoms with Crippen LogP contribution < -0.4 is 25.1 Å². The Morgan fingerprint density at radius 3 is 2.54 bits per heavy atom. The fraction of sp³-hybridized carbons (Fsp3) is 0.385. The highest BCUT2D eigenvalue weighted by Gasteiger charge is 2.11. The number of rotatable bonds is 12.